The van der Waals surface area contributed by atoms with Crippen LogP contribution in [0.4, 0.5) is 5.13 Å². The number of nitrogens with zero attached hydrogens (tertiary/aromatic N) is 2. The first-order valence-electron chi connectivity index (χ1n) is 5.54. The van der Waals surface area contributed by atoms with Crippen molar-refractivity contribution in [1.82, 2.24) is 4.98 Å². The number of hydrogen-bond acceptors (Lipinski definition) is 3. The van der Waals surface area contributed by atoms with Crippen LogP contribution in [0.25, 0.3) is 0 Å². The van der Waals surface area contributed by atoms with E-state index in [0.29, 0.717) is 10.7 Å². The number of thiazole rings is 1. The summed E-state index contributed by atoms with van der Waals surface area (Å²) in [4.78, 5) is 7.74. The first-order valence-corrected chi connectivity index (χ1v) is 7.33. The van der Waals surface area contributed by atoms with Crippen molar-refractivity contribution >= 4 is 32.4 Å². The van der Waals surface area contributed by atoms with Gasteiger partial charge in [-0.2, -0.15) is 0 Å². The van der Waals surface area contributed by atoms with Crippen molar-refractivity contribution in [3.05, 3.63) is 11.1 Å². The number of piperidine rings is 1. The van der Waals surface area contributed by atoms with Crippen LogP contribution in [0.3, 0.4) is 0 Å². The van der Waals surface area contributed by atoms with Gasteiger partial charge in [0.15, 0.2) is 5.13 Å². The van der Waals surface area contributed by atoms with Gasteiger partial charge in [0.2, 0.25) is 0 Å². The molecule has 0 saturated carbocycles. The van der Waals surface area contributed by atoms with Gasteiger partial charge in [0, 0.05) is 23.3 Å². The molecule has 2 heterocycles. The first kappa shape index (κ1) is 11.4. The molecule has 0 amide bonds. The Labute approximate surface area is 104 Å². The molecule has 84 valence electrons. The lowest BCUT2D eigenvalue weighted by Crippen LogP contribution is -2.39. The number of aryl methyl sites for hydroxylation is 1. The minimum atomic E-state index is 0.680. The Bertz CT molecular complexity index is 326. The summed E-state index contributed by atoms with van der Waals surface area (Å²) in [5, 5.41) is 3.39. The lowest BCUT2D eigenvalue weighted by atomic mass is 10.0. The average Bonchev–Trinajstić information content (AvgIpc) is 2.70. The van der Waals surface area contributed by atoms with Gasteiger partial charge in [0.05, 0.1) is 5.69 Å². The Balaban J connectivity index is 2.05. The summed E-state index contributed by atoms with van der Waals surface area (Å²) in [6.45, 7) is 6.73. The van der Waals surface area contributed by atoms with E-state index in [1.165, 1.54) is 17.2 Å². The molecule has 1 aromatic heterocycles. The molecule has 1 fully saturated rings. The molecule has 0 radical (unpaired) electrons. The second-order valence-electron chi connectivity index (χ2n) is 4.20. The average molecular weight is 289 g/mol. The molecule has 2 atom stereocenters. The van der Waals surface area contributed by atoms with Crippen molar-refractivity contribution in [1.29, 1.82) is 0 Å². The predicted octanol–water partition coefficient (Wildman–Crippen LogP) is 3.32. The van der Waals surface area contributed by atoms with Gasteiger partial charge in [-0.05, 0) is 18.8 Å². The maximum atomic E-state index is 4.64. The van der Waals surface area contributed by atoms with Crippen molar-refractivity contribution in [2.24, 2.45) is 5.92 Å². The molecule has 0 N–H and O–H groups in total. The van der Waals surface area contributed by atoms with Crippen LogP contribution in [0.15, 0.2) is 5.38 Å². The summed E-state index contributed by atoms with van der Waals surface area (Å²) in [7, 11) is 0. The summed E-state index contributed by atoms with van der Waals surface area (Å²) >= 11 is 5.51. The largest absolute Gasteiger partial charge is 0.348 e. The van der Waals surface area contributed by atoms with E-state index < -0.39 is 0 Å². The molecule has 15 heavy (non-hydrogen) atoms. The van der Waals surface area contributed by atoms with Gasteiger partial charge in [-0.3, -0.25) is 0 Å². The third-order valence-corrected chi connectivity index (χ3v) is 5.28. The normalized spacial score (nSPS) is 27.0. The van der Waals surface area contributed by atoms with Gasteiger partial charge in [-0.15, -0.1) is 11.3 Å². The van der Waals surface area contributed by atoms with E-state index in [9.17, 15) is 0 Å². The van der Waals surface area contributed by atoms with Crippen LogP contribution in [0.5, 0.6) is 0 Å². The smallest absolute Gasteiger partial charge is 0.185 e. The summed E-state index contributed by atoms with van der Waals surface area (Å²) in [6.07, 6.45) is 2.27. The predicted molar refractivity (Wildman–Crippen MR) is 70.2 cm³/mol. The summed E-state index contributed by atoms with van der Waals surface area (Å²) in [5.41, 5.74) is 1.23. The van der Waals surface area contributed by atoms with E-state index in [1.807, 2.05) is 0 Å². The lowest BCUT2D eigenvalue weighted by molar-refractivity contribution is 0.465. The van der Waals surface area contributed by atoms with E-state index in [-0.39, 0.29) is 0 Å². The topological polar surface area (TPSA) is 16.1 Å². The van der Waals surface area contributed by atoms with E-state index in [0.717, 1.165) is 19.5 Å². The van der Waals surface area contributed by atoms with Gasteiger partial charge < -0.3 is 4.90 Å². The highest BCUT2D eigenvalue weighted by molar-refractivity contribution is 9.09. The Morgan fingerprint density at radius 1 is 1.67 bits per heavy atom. The minimum Gasteiger partial charge on any atom is -0.348 e. The third kappa shape index (κ3) is 2.53. The van der Waals surface area contributed by atoms with Crippen molar-refractivity contribution in [2.75, 3.05) is 18.0 Å². The minimum absolute atomic E-state index is 0.680. The van der Waals surface area contributed by atoms with Crippen LogP contribution in [-0.2, 0) is 6.42 Å². The molecule has 2 rings (SSSR count). The number of rotatable bonds is 2. The molecule has 1 aromatic rings. The van der Waals surface area contributed by atoms with Crippen LogP contribution in [-0.4, -0.2) is 22.9 Å². The lowest BCUT2D eigenvalue weighted by Gasteiger charge is -2.34. The van der Waals surface area contributed by atoms with E-state index >= 15 is 0 Å². The van der Waals surface area contributed by atoms with Crippen molar-refractivity contribution in [2.45, 2.75) is 31.5 Å². The molecule has 2 nitrogen and oxygen atoms in total. The Kier molecular flexibility index (Phi) is 3.67. The number of alkyl halides is 1. The molecule has 2 unspecified atom stereocenters. The highest BCUT2D eigenvalue weighted by atomic mass is 79.9. The Hall–Kier alpha value is -0.0900. The zero-order valence-electron chi connectivity index (χ0n) is 9.24. The van der Waals surface area contributed by atoms with Crippen LogP contribution in [0.2, 0.25) is 0 Å². The fourth-order valence-electron chi connectivity index (χ4n) is 1.89. The molecule has 0 bridgehead atoms. The fourth-order valence-corrected chi connectivity index (χ4v) is 3.21. The zero-order valence-corrected chi connectivity index (χ0v) is 11.6. The monoisotopic (exact) mass is 288 g/mol. The molecular formula is C11H17BrN2S. The van der Waals surface area contributed by atoms with E-state index in [4.69, 9.17) is 0 Å². The van der Waals surface area contributed by atoms with Crippen LogP contribution in [0, 0.1) is 5.92 Å². The quantitative estimate of drug-likeness (QED) is 0.776. The Morgan fingerprint density at radius 2 is 2.47 bits per heavy atom. The van der Waals surface area contributed by atoms with Crippen LogP contribution < -0.4 is 4.90 Å². The molecule has 1 aliphatic heterocycles. The molecule has 0 spiro atoms. The van der Waals surface area contributed by atoms with Crippen molar-refractivity contribution < 1.29 is 0 Å². The molecule has 1 saturated heterocycles. The van der Waals surface area contributed by atoms with E-state index in [2.05, 4.69) is 45.0 Å². The number of anilines is 1. The Morgan fingerprint density at radius 3 is 3.07 bits per heavy atom. The van der Waals surface area contributed by atoms with Crippen molar-refractivity contribution in [3.8, 4) is 0 Å². The maximum absolute atomic E-state index is 4.64. The van der Waals surface area contributed by atoms with Gasteiger partial charge in [0.1, 0.15) is 0 Å². The van der Waals surface area contributed by atoms with Gasteiger partial charge >= 0.3 is 0 Å². The third-order valence-electron chi connectivity index (χ3n) is 2.97. The second-order valence-corrected chi connectivity index (χ2v) is 6.22. The van der Waals surface area contributed by atoms with Crippen LogP contribution >= 0.6 is 27.3 Å². The molecule has 0 aromatic carbocycles. The van der Waals surface area contributed by atoms with E-state index in [1.54, 1.807) is 11.3 Å². The number of halogens is 1. The summed E-state index contributed by atoms with van der Waals surface area (Å²) in [5.74, 6) is 0.715. The molecule has 4 heteroatoms. The van der Waals surface area contributed by atoms with Crippen molar-refractivity contribution in [3.63, 3.8) is 0 Å². The van der Waals surface area contributed by atoms with Gasteiger partial charge in [-0.1, -0.05) is 29.8 Å². The second kappa shape index (κ2) is 4.83. The fraction of sp³-hybridized carbons (Fsp3) is 0.727. The number of hydrogen-bond donors (Lipinski definition) is 0. The van der Waals surface area contributed by atoms with Gasteiger partial charge in [-0.25, -0.2) is 4.98 Å². The standard InChI is InChI=1S/C11H17BrN2S/c1-3-9-7-15-11(13-9)14-5-4-10(12)8(2)6-14/h7-8,10H,3-6H2,1-2H3. The van der Waals surface area contributed by atoms with Crippen LogP contribution in [0.1, 0.15) is 26.0 Å². The number of aromatic nitrogens is 1. The molecule has 0 aliphatic carbocycles. The summed E-state index contributed by atoms with van der Waals surface area (Å²) < 4.78 is 0. The SMILES string of the molecule is CCc1csc(N2CCC(Br)C(C)C2)n1. The highest BCUT2D eigenvalue weighted by Gasteiger charge is 2.25. The first-order chi connectivity index (χ1) is 7.20. The highest BCUT2D eigenvalue weighted by Crippen LogP contribution is 2.29. The molecular weight excluding hydrogens is 272 g/mol. The maximum Gasteiger partial charge on any atom is 0.185 e. The van der Waals surface area contributed by atoms with Gasteiger partial charge in [0.25, 0.3) is 0 Å². The molecule has 1 aliphatic rings. The zero-order chi connectivity index (χ0) is 10.8. The summed E-state index contributed by atoms with van der Waals surface area (Å²) in [6, 6.07) is 0.